The van der Waals surface area contributed by atoms with Crippen molar-refractivity contribution in [2.45, 2.75) is 41.0 Å². The van der Waals surface area contributed by atoms with E-state index < -0.39 is 0 Å². The Balaban J connectivity index is 0.000000340. The molecule has 8 nitrogen and oxygen atoms in total. The summed E-state index contributed by atoms with van der Waals surface area (Å²) in [4.78, 5) is 27.1. The SMILES string of the molecule is CCN(CC)C(=O)Cc1c(O)cccc1OC.CCN(CC)C(=O)Oc1cccc(OC)c1C. The van der Waals surface area contributed by atoms with Gasteiger partial charge in [0, 0.05) is 37.3 Å². The van der Waals surface area contributed by atoms with E-state index in [0.29, 0.717) is 43.2 Å². The maximum atomic E-state index is 12.0. The van der Waals surface area contributed by atoms with Crippen molar-refractivity contribution in [3.63, 3.8) is 0 Å². The molecule has 2 aromatic carbocycles. The number of likely N-dealkylation sites (N-methyl/N-ethyl adjacent to an activating group) is 1. The van der Waals surface area contributed by atoms with E-state index in [4.69, 9.17) is 14.2 Å². The Bertz CT molecular complexity index is 924. The van der Waals surface area contributed by atoms with Crippen molar-refractivity contribution in [1.82, 2.24) is 9.80 Å². The molecule has 2 rings (SSSR count). The van der Waals surface area contributed by atoms with Crippen LogP contribution in [0.4, 0.5) is 4.79 Å². The Labute approximate surface area is 203 Å². The van der Waals surface area contributed by atoms with Crippen LogP contribution in [0.3, 0.4) is 0 Å². The Morgan fingerprint density at radius 1 is 0.794 bits per heavy atom. The second kappa shape index (κ2) is 14.7. The molecule has 2 amide bonds. The monoisotopic (exact) mass is 474 g/mol. The Kier molecular flexibility index (Phi) is 12.3. The second-order valence-corrected chi connectivity index (χ2v) is 7.32. The predicted molar refractivity (Wildman–Crippen MR) is 133 cm³/mol. The normalized spacial score (nSPS) is 9.97. The number of nitrogens with zero attached hydrogens (tertiary/aromatic N) is 2. The van der Waals surface area contributed by atoms with Crippen molar-refractivity contribution in [3.05, 3.63) is 47.5 Å². The molecule has 1 N–H and O–H groups in total. The van der Waals surface area contributed by atoms with Gasteiger partial charge in [-0.3, -0.25) is 4.79 Å². The van der Waals surface area contributed by atoms with Crippen LogP contribution in [0.25, 0.3) is 0 Å². The molecule has 0 saturated heterocycles. The lowest BCUT2D eigenvalue weighted by Gasteiger charge is -2.19. The van der Waals surface area contributed by atoms with Crippen LogP contribution < -0.4 is 14.2 Å². The maximum absolute atomic E-state index is 12.0. The molecule has 0 unspecified atom stereocenters. The highest BCUT2D eigenvalue weighted by atomic mass is 16.6. The molecule has 0 saturated carbocycles. The van der Waals surface area contributed by atoms with E-state index in [1.54, 1.807) is 47.2 Å². The minimum atomic E-state index is -0.327. The number of ether oxygens (including phenoxy) is 3. The van der Waals surface area contributed by atoms with Gasteiger partial charge in [0.1, 0.15) is 23.0 Å². The highest BCUT2D eigenvalue weighted by molar-refractivity contribution is 5.80. The Hall–Kier alpha value is -3.42. The van der Waals surface area contributed by atoms with Crippen molar-refractivity contribution < 1.29 is 28.9 Å². The second-order valence-electron chi connectivity index (χ2n) is 7.32. The van der Waals surface area contributed by atoms with Gasteiger partial charge in [-0.15, -0.1) is 0 Å². The molecule has 0 aliphatic heterocycles. The summed E-state index contributed by atoms with van der Waals surface area (Å²) in [5.41, 5.74) is 1.38. The van der Waals surface area contributed by atoms with Gasteiger partial charge >= 0.3 is 6.09 Å². The van der Waals surface area contributed by atoms with Crippen molar-refractivity contribution in [2.24, 2.45) is 0 Å². The number of carbonyl (C=O) groups is 2. The van der Waals surface area contributed by atoms with Crippen LogP contribution >= 0.6 is 0 Å². The van der Waals surface area contributed by atoms with E-state index >= 15 is 0 Å². The summed E-state index contributed by atoms with van der Waals surface area (Å²) in [6.45, 7) is 12.2. The third-order valence-corrected chi connectivity index (χ3v) is 5.45. The van der Waals surface area contributed by atoms with E-state index in [1.807, 2.05) is 40.7 Å². The number of benzene rings is 2. The fourth-order valence-electron chi connectivity index (χ4n) is 3.33. The summed E-state index contributed by atoms with van der Waals surface area (Å²) in [5.74, 6) is 1.90. The average Bonchev–Trinajstić information content (AvgIpc) is 2.83. The first-order valence-electron chi connectivity index (χ1n) is 11.5. The summed E-state index contributed by atoms with van der Waals surface area (Å²) < 4.78 is 15.7. The van der Waals surface area contributed by atoms with Crippen LogP contribution in [0.1, 0.15) is 38.8 Å². The molecular weight excluding hydrogens is 436 g/mol. The van der Waals surface area contributed by atoms with Crippen LogP contribution in [-0.2, 0) is 11.2 Å². The number of amides is 2. The number of phenolic OH excluding ortho intramolecular Hbond substituents is 1. The van der Waals surface area contributed by atoms with Gasteiger partial charge in [-0.05, 0) is 58.9 Å². The lowest BCUT2D eigenvalue weighted by Crippen LogP contribution is -2.33. The van der Waals surface area contributed by atoms with Gasteiger partial charge < -0.3 is 29.1 Å². The minimum Gasteiger partial charge on any atom is -0.508 e. The smallest absolute Gasteiger partial charge is 0.415 e. The first-order valence-corrected chi connectivity index (χ1v) is 11.5. The number of hydrogen-bond donors (Lipinski definition) is 1. The van der Waals surface area contributed by atoms with E-state index in [-0.39, 0.29) is 24.2 Å². The van der Waals surface area contributed by atoms with Crippen molar-refractivity contribution in [1.29, 1.82) is 0 Å². The van der Waals surface area contributed by atoms with Gasteiger partial charge in [0.2, 0.25) is 5.91 Å². The number of carbonyl (C=O) groups excluding carboxylic acids is 2. The number of methoxy groups -OCH3 is 2. The third kappa shape index (κ3) is 7.86. The molecule has 0 atom stereocenters. The molecule has 0 fully saturated rings. The third-order valence-electron chi connectivity index (χ3n) is 5.45. The van der Waals surface area contributed by atoms with Crippen LogP contribution in [0.5, 0.6) is 23.0 Å². The van der Waals surface area contributed by atoms with Gasteiger partial charge in [0.05, 0.1) is 20.6 Å². The van der Waals surface area contributed by atoms with Gasteiger partial charge in [0.15, 0.2) is 0 Å². The lowest BCUT2D eigenvalue weighted by atomic mass is 10.1. The highest BCUT2D eigenvalue weighted by Crippen LogP contribution is 2.28. The fraction of sp³-hybridized carbons (Fsp3) is 0.462. The summed E-state index contributed by atoms with van der Waals surface area (Å²) in [7, 11) is 3.12. The lowest BCUT2D eigenvalue weighted by molar-refractivity contribution is -0.130. The predicted octanol–water partition coefficient (Wildman–Crippen LogP) is 4.66. The Morgan fingerprint density at radius 3 is 1.82 bits per heavy atom. The van der Waals surface area contributed by atoms with E-state index in [1.165, 1.54) is 7.11 Å². The van der Waals surface area contributed by atoms with Gasteiger partial charge in [-0.1, -0.05) is 12.1 Å². The van der Waals surface area contributed by atoms with Crippen LogP contribution in [-0.4, -0.2) is 67.3 Å². The van der Waals surface area contributed by atoms with Crippen molar-refractivity contribution >= 4 is 12.0 Å². The number of aromatic hydroxyl groups is 1. The summed E-state index contributed by atoms with van der Waals surface area (Å²) >= 11 is 0. The molecule has 0 aromatic heterocycles. The molecule has 8 heteroatoms. The number of phenols is 1. The van der Waals surface area contributed by atoms with Gasteiger partial charge in [-0.25, -0.2) is 4.79 Å². The standard InChI is InChI=1S/2C13H19NO3/c1-5-14(6-2)13(15)17-12-9-7-8-11(16-4)10(12)3;1-4-14(5-2)13(16)9-10-11(15)7-6-8-12(10)17-3/h7-9H,5-6H2,1-4H3;6-8,15H,4-5,9H2,1-3H3. The zero-order valence-electron chi connectivity index (χ0n) is 21.4. The van der Waals surface area contributed by atoms with Gasteiger partial charge in [0.25, 0.3) is 0 Å². The summed E-state index contributed by atoms with van der Waals surface area (Å²) in [6, 6.07) is 10.4. The molecule has 0 radical (unpaired) electrons. The van der Waals surface area contributed by atoms with E-state index in [2.05, 4.69) is 0 Å². The maximum Gasteiger partial charge on any atom is 0.415 e. The van der Waals surface area contributed by atoms with Crippen molar-refractivity contribution in [2.75, 3.05) is 40.4 Å². The first kappa shape index (κ1) is 28.6. The fourth-order valence-corrected chi connectivity index (χ4v) is 3.33. The van der Waals surface area contributed by atoms with Gasteiger partial charge in [-0.2, -0.15) is 0 Å². The van der Waals surface area contributed by atoms with E-state index in [9.17, 15) is 14.7 Å². The molecule has 0 aliphatic rings. The highest BCUT2D eigenvalue weighted by Gasteiger charge is 2.16. The molecule has 188 valence electrons. The molecule has 34 heavy (non-hydrogen) atoms. The van der Waals surface area contributed by atoms with Crippen LogP contribution in [0.2, 0.25) is 0 Å². The molecule has 2 aromatic rings. The molecule has 0 bridgehead atoms. The summed E-state index contributed by atoms with van der Waals surface area (Å²) in [5, 5.41) is 9.75. The van der Waals surface area contributed by atoms with E-state index in [0.717, 1.165) is 11.3 Å². The molecule has 0 heterocycles. The molecule has 0 spiro atoms. The topological polar surface area (TPSA) is 88.5 Å². The largest absolute Gasteiger partial charge is 0.508 e. The number of hydrogen-bond acceptors (Lipinski definition) is 6. The zero-order valence-corrected chi connectivity index (χ0v) is 21.4. The number of rotatable bonds is 9. The van der Waals surface area contributed by atoms with Crippen molar-refractivity contribution in [3.8, 4) is 23.0 Å². The average molecular weight is 475 g/mol. The minimum absolute atomic E-state index is 0.00481. The first-order chi connectivity index (χ1) is 16.3. The summed E-state index contributed by atoms with van der Waals surface area (Å²) in [6.07, 6.45) is -0.163. The zero-order chi connectivity index (χ0) is 25.7. The van der Waals surface area contributed by atoms with Crippen LogP contribution in [0, 0.1) is 6.92 Å². The Morgan fingerprint density at radius 2 is 1.29 bits per heavy atom. The van der Waals surface area contributed by atoms with Crippen LogP contribution in [0.15, 0.2) is 36.4 Å². The molecule has 0 aliphatic carbocycles. The molecular formula is C26H38N2O6. The quantitative estimate of drug-likeness (QED) is 0.569.